The van der Waals surface area contributed by atoms with Crippen molar-refractivity contribution in [2.75, 3.05) is 26.2 Å². The summed E-state index contributed by atoms with van der Waals surface area (Å²) >= 11 is 0. The number of hydrogen-bond acceptors (Lipinski definition) is 4. The minimum Gasteiger partial charge on any atom is -0.375 e. The number of aromatic nitrogens is 1. The maximum atomic E-state index is 13.6. The first-order chi connectivity index (χ1) is 15.1. The van der Waals surface area contributed by atoms with Crippen LogP contribution in [0.4, 0.5) is 0 Å². The predicted octanol–water partition coefficient (Wildman–Crippen LogP) is 2.33. The predicted molar refractivity (Wildman–Crippen MR) is 119 cm³/mol. The van der Waals surface area contributed by atoms with Crippen molar-refractivity contribution in [2.45, 2.75) is 37.8 Å². The third-order valence-electron chi connectivity index (χ3n) is 6.53. The number of piperazine rings is 1. The van der Waals surface area contributed by atoms with E-state index in [4.69, 9.17) is 5.41 Å². The first-order valence-electron chi connectivity index (χ1n) is 11.1. The molecule has 2 aliphatic rings. The highest BCUT2D eigenvalue weighted by Gasteiger charge is 2.48. The summed E-state index contributed by atoms with van der Waals surface area (Å²) in [6, 6.07) is 15.1. The Bertz CT molecular complexity index is 877. The van der Waals surface area contributed by atoms with Crippen LogP contribution in [-0.4, -0.2) is 57.9 Å². The van der Waals surface area contributed by atoms with Gasteiger partial charge in [-0.3, -0.25) is 15.2 Å². The van der Waals surface area contributed by atoms with E-state index in [9.17, 15) is 9.90 Å². The van der Waals surface area contributed by atoms with Gasteiger partial charge in [0.1, 0.15) is 0 Å². The van der Waals surface area contributed by atoms with Crippen molar-refractivity contribution >= 4 is 11.9 Å². The molecule has 7 heteroatoms. The lowest BCUT2D eigenvalue weighted by Crippen LogP contribution is -2.58. The van der Waals surface area contributed by atoms with Crippen molar-refractivity contribution in [3.63, 3.8) is 0 Å². The molecule has 2 fully saturated rings. The summed E-state index contributed by atoms with van der Waals surface area (Å²) in [6.07, 6.45) is 5.60. The molecule has 1 saturated carbocycles. The molecule has 0 spiro atoms. The third kappa shape index (κ3) is 4.56. The summed E-state index contributed by atoms with van der Waals surface area (Å²) in [5.74, 6) is 0.101. The lowest BCUT2D eigenvalue weighted by molar-refractivity contribution is -0.160. The molecule has 1 aliphatic carbocycles. The maximum absolute atomic E-state index is 13.6. The Morgan fingerprint density at radius 3 is 2.32 bits per heavy atom. The van der Waals surface area contributed by atoms with Gasteiger partial charge in [0.2, 0.25) is 0 Å². The molecule has 0 radical (unpaired) electrons. The van der Waals surface area contributed by atoms with E-state index in [2.05, 4.69) is 10.3 Å². The van der Waals surface area contributed by atoms with Gasteiger partial charge in [-0.2, -0.15) is 0 Å². The number of carbonyl (C=O) groups excluding carboxylic acids is 1. The van der Waals surface area contributed by atoms with Crippen LogP contribution in [0, 0.1) is 11.3 Å². The molecule has 2 aromatic rings. The molecule has 31 heavy (non-hydrogen) atoms. The third-order valence-corrected chi connectivity index (χ3v) is 6.53. The second-order valence-electron chi connectivity index (χ2n) is 8.42. The van der Waals surface area contributed by atoms with E-state index in [1.807, 2.05) is 53.4 Å². The Hall–Kier alpha value is -2.93. The zero-order chi connectivity index (χ0) is 21.7. The molecule has 1 atom stereocenters. The number of guanidine groups is 1. The molecule has 164 valence electrons. The minimum atomic E-state index is -1.47. The van der Waals surface area contributed by atoms with Crippen LogP contribution in [0.1, 0.15) is 36.9 Å². The number of amides is 1. The normalized spacial score (nSPS) is 19.1. The van der Waals surface area contributed by atoms with Crippen molar-refractivity contribution in [3.8, 4) is 0 Å². The molecule has 7 nitrogen and oxygen atoms in total. The molecule has 0 unspecified atom stereocenters. The van der Waals surface area contributed by atoms with Crippen molar-refractivity contribution < 1.29 is 9.90 Å². The topological polar surface area (TPSA) is 92.6 Å². The van der Waals surface area contributed by atoms with Gasteiger partial charge in [0.15, 0.2) is 11.6 Å². The highest BCUT2D eigenvalue weighted by molar-refractivity contribution is 5.87. The Kier molecular flexibility index (Phi) is 6.51. The Morgan fingerprint density at radius 1 is 1.03 bits per heavy atom. The fraction of sp³-hybridized carbons (Fsp3) is 0.458. The highest BCUT2D eigenvalue weighted by atomic mass is 16.3. The SMILES string of the molecule is N=C(NCc1ccccn1)N1CCN(C(=O)[C@](O)(c2ccccc2)C2CCCC2)CC1. The molecule has 1 aromatic carbocycles. The van der Waals surface area contributed by atoms with E-state index >= 15 is 0 Å². The number of pyridine rings is 1. The fourth-order valence-corrected chi connectivity index (χ4v) is 4.73. The first kappa shape index (κ1) is 21.3. The zero-order valence-electron chi connectivity index (χ0n) is 17.8. The quantitative estimate of drug-likeness (QED) is 0.509. The van der Waals surface area contributed by atoms with E-state index in [1.165, 1.54) is 0 Å². The lowest BCUT2D eigenvalue weighted by Gasteiger charge is -2.42. The van der Waals surface area contributed by atoms with Crippen LogP contribution in [-0.2, 0) is 16.9 Å². The molecule has 3 N–H and O–H groups in total. The van der Waals surface area contributed by atoms with Crippen LogP contribution in [0.25, 0.3) is 0 Å². The average molecular weight is 422 g/mol. The molecule has 1 saturated heterocycles. The number of aliphatic hydroxyl groups is 1. The first-order valence-corrected chi connectivity index (χ1v) is 11.1. The van der Waals surface area contributed by atoms with Gasteiger partial charge in [0, 0.05) is 38.3 Å². The van der Waals surface area contributed by atoms with E-state index in [0.717, 1.165) is 31.4 Å². The van der Waals surface area contributed by atoms with Crippen molar-refractivity contribution in [1.29, 1.82) is 5.41 Å². The number of hydrogen-bond donors (Lipinski definition) is 3. The summed E-state index contributed by atoms with van der Waals surface area (Å²) in [7, 11) is 0. The fourth-order valence-electron chi connectivity index (χ4n) is 4.73. The van der Waals surface area contributed by atoms with Gasteiger partial charge >= 0.3 is 0 Å². The van der Waals surface area contributed by atoms with Gasteiger partial charge < -0.3 is 20.2 Å². The summed E-state index contributed by atoms with van der Waals surface area (Å²) in [4.78, 5) is 21.5. The van der Waals surface area contributed by atoms with Gasteiger partial charge in [-0.05, 0) is 30.5 Å². The van der Waals surface area contributed by atoms with Crippen LogP contribution in [0.15, 0.2) is 54.7 Å². The van der Waals surface area contributed by atoms with Crippen LogP contribution >= 0.6 is 0 Å². The molecule has 4 rings (SSSR count). The van der Waals surface area contributed by atoms with E-state index in [-0.39, 0.29) is 11.8 Å². The molecular formula is C24H31N5O2. The Morgan fingerprint density at radius 2 is 1.68 bits per heavy atom. The Balaban J connectivity index is 1.38. The summed E-state index contributed by atoms with van der Waals surface area (Å²) in [5.41, 5.74) is 0.106. The molecule has 2 heterocycles. The van der Waals surface area contributed by atoms with E-state index in [1.54, 1.807) is 11.1 Å². The zero-order valence-corrected chi connectivity index (χ0v) is 17.8. The summed E-state index contributed by atoms with van der Waals surface area (Å²) < 4.78 is 0. The molecule has 1 aromatic heterocycles. The summed E-state index contributed by atoms with van der Waals surface area (Å²) in [5, 5.41) is 23.2. The van der Waals surface area contributed by atoms with E-state index < -0.39 is 5.60 Å². The van der Waals surface area contributed by atoms with Gasteiger partial charge in [0.05, 0.1) is 12.2 Å². The van der Waals surface area contributed by atoms with Gasteiger partial charge in [-0.1, -0.05) is 49.2 Å². The average Bonchev–Trinajstić information content (AvgIpc) is 3.38. The van der Waals surface area contributed by atoms with Crippen molar-refractivity contribution in [1.82, 2.24) is 20.1 Å². The maximum Gasteiger partial charge on any atom is 0.259 e. The van der Waals surface area contributed by atoms with Crippen LogP contribution in [0.3, 0.4) is 0 Å². The number of benzene rings is 1. The highest BCUT2D eigenvalue weighted by Crippen LogP contribution is 2.42. The molecule has 1 aliphatic heterocycles. The number of nitrogens with zero attached hydrogens (tertiary/aromatic N) is 3. The van der Waals surface area contributed by atoms with Gasteiger partial charge in [-0.25, -0.2) is 0 Å². The summed E-state index contributed by atoms with van der Waals surface area (Å²) in [6.45, 7) is 2.61. The molecular weight excluding hydrogens is 390 g/mol. The Labute approximate surface area is 183 Å². The van der Waals surface area contributed by atoms with Gasteiger partial charge in [-0.15, -0.1) is 0 Å². The van der Waals surface area contributed by atoms with Crippen LogP contribution in [0.5, 0.6) is 0 Å². The molecule has 0 bridgehead atoms. The smallest absolute Gasteiger partial charge is 0.259 e. The molecule has 1 amide bonds. The van der Waals surface area contributed by atoms with Crippen LogP contribution in [0.2, 0.25) is 0 Å². The monoisotopic (exact) mass is 421 g/mol. The standard InChI is InChI=1S/C24H31N5O2/c25-23(27-18-21-12-6-7-13-26-21)29-16-14-28(15-17-29)22(30)24(31,20-10-4-5-11-20)19-8-2-1-3-9-19/h1-3,6-9,12-13,20,31H,4-5,10-11,14-18H2,(H2,25,27)/t24-/m0/s1. The van der Waals surface area contributed by atoms with Crippen molar-refractivity contribution in [2.24, 2.45) is 5.92 Å². The second-order valence-corrected chi connectivity index (χ2v) is 8.42. The largest absolute Gasteiger partial charge is 0.375 e. The number of carbonyl (C=O) groups is 1. The van der Waals surface area contributed by atoms with Gasteiger partial charge in [0.25, 0.3) is 5.91 Å². The van der Waals surface area contributed by atoms with Crippen molar-refractivity contribution in [3.05, 3.63) is 66.0 Å². The number of rotatable bonds is 5. The minimum absolute atomic E-state index is 0.0428. The number of nitrogens with one attached hydrogen (secondary N) is 2. The second kappa shape index (κ2) is 9.47. The lowest BCUT2D eigenvalue weighted by atomic mass is 9.79. The van der Waals surface area contributed by atoms with E-state index in [0.29, 0.717) is 44.2 Å². The van der Waals surface area contributed by atoms with Crippen LogP contribution < -0.4 is 5.32 Å².